The zero-order chi connectivity index (χ0) is 14.9. The lowest BCUT2D eigenvalue weighted by molar-refractivity contribution is 0.584. The fraction of sp³-hybridized carbons (Fsp3) is 0.200. The van der Waals surface area contributed by atoms with Crippen LogP contribution in [0, 0.1) is 13.8 Å². The van der Waals surface area contributed by atoms with Crippen LogP contribution in [0.1, 0.15) is 17.0 Å². The Bertz CT molecular complexity index is 743. The molecule has 106 valence electrons. The van der Waals surface area contributed by atoms with Crippen molar-refractivity contribution >= 4 is 26.0 Å². The predicted molar refractivity (Wildman–Crippen MR) is 84.5 cm³/mol. The summed E-state index contributed by atoms with van der Waals surface area (Å²) in [5, 5.41) is 0. The van der Waals surface area contributed by atoms with Crippen LogP contribution in [0.15, 0.2) is 52.4 Å². The van der Waals surface area contributed by atoms with E-state index in [1.54, 1.807) is 37.3 Å². The highest BCUT2D eigenvalue weighted by Gasteiger charge is 2.23. The van der Waals surface area contributed by atoms with Gasteiger partial charge in [-0.25, -0.2) is 12.4 Å². The number of rotatable bonds is 4. The summed E-state index contributed by atoms with van der Waals surface area (Å²) in [5.74, 6) is 0. The van der Waals surface area contributed by atoms with E-state index < -0.39 is 10.0 Å². The van der Waals surface area contributed by atoms with Crippen molar-refractivity contribution in [1.82, 2.24) is 3.97 Å². The molecule has 2 aromatic rings. The lowest BCUT2D eigenvalue weighted by Crippen LogP contribution is -2.17. The molecule has 1 aromatic carbocycles. The molecule has 0 fully saturated rings. The summed E-state index contributed by atoms with van der Waals surface area (Å²) >= 11 is 3.39. The van der Waals surface area contributed by atoms with Gasteiger partial charge in [-0.15, -0.1) is 6.58 Å². The van der Waals surface area contributed by atoms with Gasteiger partial charge in [-0.2, -0.15) is 0 Å². The van der Waals surface area contributed by atoms with Crippen LogP contribution in [0.3, 0.4) is 0 Å². The van der Waals surface area contributed by atoms with Crippen molar-refractivity contribution in [3.63, 3.8) is 0 Å². The van der Waals surface area contributed by atoms with Gasteiger partial charge in [-0.05, 0) is 48.0 Å². The molecule has 0 atom stereocenters. The van der Waals surface area contributed by atoms with Gasteiger partial charge in [0, 0.05) is 22.3 Å². The molecule has 0 amide bonds. The topological polar surface area (TPSA) is 39.1 Å². The second kappa shape index (κ2) is 5.58. The Morgan fingerprint density at radius 1 is 1.25 bits per heavy atom. The summed E-state index contributed by atoms with van der Waals surface area (Å²) in [7, 11) is -3.58. The molecule has 1 aromatic heterocycles. The maximum absolute atomic E-state index is 12.8. The highest BCUT2D eigenvalue weighted by Crippen LogP contribution is 2.27. The predicted octanol–water partition coefficient (Wildman–Crippen LogP) is 3.83. The summed E-state index contributed by atoms with van der Waals surface area (Å²) in [4.78, 5) is 0.291. The zero-order valence-electron chi connectivity index (χ0n) is 11.4. The number of aromatic nitrogens is 1. The van der Waals surface area contributed by atoms with Crippen LogP contribution < -0.4 is 0 Å². The van der Waals surface area contributed by atoms with Crippen LogP contribution in [-0.4, -0.2) is 12.4 Å². The Morgan fingerprint density at radius 2 is 1.85 bits per heavy atom. The maximum Gasteiger partial charge on any atom is 0.268 e. The number of hydrogen-bond donors (Lipinski definition) is 0. The number of allylic oxidation sites excluding steroid dienone is 1. The quantitative estimate of drug-likeness (QED) is 0.783. The first-order valence-electron chi connectivity index (χ1n) is 6.17. The average molecular weight is 354 g/mol. The van der Waals surface area contributed by atoms with E-state index in [-0.39, 0.29) is 0 Å². The van der Waals surface area contributed by atoms with Crippen LogP contribution in [0.25, 0.3) is 0 Å². The Morgan fingerprint density at radius 3 is 2.40 bits per heavy atom. The van der Waals surface area contributed by atoms with Crippen LogP contribution in [0.2, 0.25) is 0 Å². The molecule has 0 unspecified atom stereocenters. The third-order valence-corrected chi connectivity index (χ3v) is 5.78. The first-order chi connectivity index (χ1) is 9.37. The summed E-state index contributed by atoms with van der Waals surface area (Å²) in [6, 6.07) is 8.69. The van der Waals surface area contributed by atoms with Crippen molar-refractivity contribution in [2.24, 2.45) is 0 Å². The van der Waals surface area contributed by atoms with Crippen LogP contribution in [0.5, 0.6) is 0 Å². The van der Waals surface area contributed by atoms with Crippen molar-refractivity contribution in [2.45, 2.75) is 25.2 Å². The standard InChI is InChI=1S/C15H16BrNO2S/c1-4-5-13-10-15(16)12(3)17(13)20(18,19)14-8-6-11(2)7-9-14/h4,6-10H,1,5H2,2-3H3. The van der Waals surface area contributed by atoms with E-state index in [4.69, 9.17) is 0 Å². The molecule has 0 radical (unpaired) electrons. The summed E-state index contributed by atoms with van der Waals surface area (Å²) in [6.07, 6.45) is 2.19. The molecule has 0 saturated heterocycles. The molecular weight excluding hydrogens is 338 g/mol. The molecule has 0 saturated carbocycles. The fourth-order valence-corrected chi connectivity index (χ4v) is 4.21. The normalized spacial score (nSPS) is 11.6. The molecule has 0 aliphatic heterocycles. The van der Waals surface area contributed by atoms with E-state index in [1.807, 2.05) is 13.0 Å². The third kappa shape index (κ3) is 2.60. The Labute approximate surface area is 128 Å². The molecular formula is C15H16BrNO2S. The van der Waals surface area contributed by atoms with Gasteiger partial charge in [0.2, 0.25) is 0 Å². The molecule has 0 aliphatic rings. The van der Waals surface area contributed by atoms with E-state index in [9.17, 15) is 8.42 Å². The average Bonchev–Trinajstić information content (AvgIpc) is 2.66. The number of halogens is 1. The molecule has 5 heteroatoms. The maximum atomic E-state index is 12.8. The lowest BCUT2D eigenvalue weighted by atomic mass is 10.2. The van der Waals surface area contributed by atoms with Crippen LogP contribution >= 0.6 is 15.9 Å². The molecule has 20 heavy (non-hydrogen) atoms. The second-order valence-electron chi connectivity index (χ2n) is 4.64. The zero-order valence-corrected chi connectivity index (χ0v) is 13.8. The van der Waals surface area contributed by atoms with Crippen molar-refractivity contribution in [1.29, 1.82) is 0 Å². The number of hydrogen-bond acceptors (Lipinski definition) is 2. The fourth-order valence-electron chi connectivity index (χ4n) is 2.06. The van der Waals surface area contributed by atoms with E-state index in [0.29, 0.717) is 22.7 Å². The van der Waals surface area contributed by atoms with E-state index in [0.717, 1.165) is 10.0 Å². The largest absolute Gasteiger partial charge is 0.268 e. The summed E-state index contributed by atoms with van der Waals surface area (Å²) < 4.78 is 27.7. The van der Waals surface area contributed by atoms with E-state index >= 15 is 0 Å². The van der Waals surface area contributed by atoms with Gasteiger partial charge in [0.25, 0.3) is 10.0 Å². The van der Waals surface area contributed by atoms with Crippen LogP contribution in [-0.2, 0) is 16.4 Å². The summed E-state index contributed by atoms with van der Waals surface area (Å²) in [5.41, 5.74) is 2.40. The molecule has 2 rings (SSSR count). The summed E-state index contributed by atoms with van der Waals surface area (Å²) in [6.45, 7) is 7.39. The molecule has 0 N–H and O–H groups in total. The minimum Gasteiger partial charge on any atom is -0.242 e. The lowest BCUT2D eigenvalue weighted by Gasteiger charge is -2.12. The third-order valence-electron chi connectivity index (χ3n) is 3.12. The molecule has 1 heterocycles. The number of nitrogens with zero attached hydrogens (tertiary/aromatic N) is 1. The molecule has 3 nitrogen and oxygen atoms in total. The molecule has 0 spiro atoms. The Balaban J connectivity index is 2.65. The Hall–Kier alpha value is -1.33. The van der Waals surface area contributed by atoms with Gasteiger partial charge in [-0.1, -0.05) is 23.8 Å². The Kier molecular flexibility index (Phi) is 4.20. The van der Waals surface area contributed by atoms with Gasteiger partial charge < -0.3 is 0 Å². The van der Waals surface area contributed by atoms with E-state index in [1.165, 1.54) is 3.97 Å². The smallest absolute Gasteiger partial charge is 0.242 e. The van der Waals surface area contributed by atoms with Gasteiger partial charge in [0.1, 0.15) is 0 Å². The number of aryl methyl sites for hydroxylation is 1. The first kappa shape index (κ1) is 15.1. The highest BCUT2D eigenvalue weighted by atomic mass is 79.9. The van der Waals surface area contributed by atoms with Crippen molar-refractivity contribution in [3.05, 3.63) is 64.4 Å². The number of benzene rings is 1. The minimum absolute atomic E-state index is 0.291. The van der Waals surface area contributed by atoms with Crippen molar-refractivity contribution in [3.8, 4) is 0 Å². The van der Waals surface area contributed by atoms with Crippen molar-refractivity contribution < 1.29 is 8.42 Å². The highest BCUT2D eigenvalue weighted by molar-refractivity contribution is 9.10. The van der Waals surface area contributed by atoms with E-state index in [2.05, 4.69) is 22.5 Å². The van der Waals surface area contributed by atoms with Gasteiger partial charge in [0.15, 0.2) is 0 Å². The van der Waals surface area contributed by atoms with Crippen molar-refractivity contribution in [2.75, 3.05) is 0 Å². The minimum atomic E-state index is -3.58. The van der Waals surface area contributed by atoms with Gasteiger partial charge in [-0.3, -0.25) is 0 Å². The SMILES string of the molecule is C=CCc1cc(Br)c(C)n1S(=O)(=O)c1ccc(C)cc1. The second-order valence-corrected chi connectivity index (χ2v) is 7.29. The monoisotopic (exact) mass is 353 g/mol. The van der Waals surface area contributed by atoms with Gasteiger partial charge >= 0.3 is 0 Å². The van der Waals surface area contributed by atoms with Crippen LogP contribution in [0.4, 0.5) is 0 Å². The van der Waals surface area contributed by atoms with Gasteiger partial charge in [0.05, 0.1) is 4.90 Å². The first-order valence-corrected chi connectivity index (χ1v) is 8.41. The molecule has 0 aliphatic carbocycles. The molecule has 0 bridgehead atoms.